The van der Waals surface area contributed by atoms with E-state index in [-0.39, 0.29) is 46.1 Å². The minimum absolute atomic E-state index is 0.0726. The summed E-state index contributed by atoms with van der Waals surface area (Å²) in [5, 5.41) is 3.26. The second-order valence-corrected chi connectivity index (χ2v) is 12.1. The van der Waals surface area contributed by atoms with Gasteiger partial charge in [-0.3, -0.25) is 9.69 Å². The average molecular weight is 555 g/mol. The van der Waals surface area contributed by atoms with Gasteiger partial charge in [0.25, 0.3) is 0 Å². The summed E-state index contributed by atoms with van der Waals surface area (Å²) in [6.07, 6.45) is 4.09. The van der Waals surface area contributed by atoms with Gasteiger partial charge in [0.15, 0.2) is 0 Å². The fourth-order valence-corrected chi connectivity index (χ4v) is 7.71. The van der Waals surface area contributed by atoms with Crippen molar-refractivity contribution in [1.82, 2.24) is 14.5 Å². The second-order valence-electron chi connectivity index (χ2n) is 9.43. The highest BCUT2D eigenvalue weighted by Crippen LogP contribution is 2.34. The number of sulfonamides is 1. The number of hydrogen-bond acceptors (Lipinski definition) is 5. The zero-order valence-electron chi connectivity index (χ0n) is 20.2. The van der Waals surface area contributed by atoms with Crippen LogP contribution in [-0.2, 0) is 26.1 Å². The Morgan fingerprint density at radius 2 is 1.64 bits per heavy atom. The average Bonchev–Trinajstić information content (AvgIpc) is 2.86. The molecule has 2 fully saturated rings. The normalized spacial score (nSPS) is 20.3. The molecule has 2 aliphatic rings. The number of amides is 1. The summed E-state index contributed by atoms with van der Waals surface area (Å²) in [7, 11) is -3.89. The van der Waals surface area contributed by atoms with Gasteiger partial charge in [-0.2, -0.15) is 4.31 Å². The first-order chi connectivity index (χ1) is 17.3. The minimum Gasteiger partial charge on any atom is -0.370 e. The van der Waals surface area contributed by atoms with Crippen molar-refractivity contribution in [3.63, 3.8) is 0 Å². The van der Waals surface area contributed by atoms with Crippen LogP contribution in [0.3, 0.4) is 0 Å². The standard InChI is InChI=1S/C26H33Cl2N3O4S/c27-23-10-6-11-24(28)26(23)36(33,34)31-14-5-4-9-22(31)18-35-19-25(32)29-21-12-15-30(16-13-21)17-20-7-2-1-3-8-20/h1-3,6-8,10-11,21-22H,4-5,9,12-19H2,(H,29,32). The first kappa shape index (κ1) is 27.4. The molecule has 1 atom stereocenters. The van der Waals surface area contributed by atoms with Gasteiger partial charge in [-0.25, -0.2) is 8.42 Å². The summed E-state index contributed by atoms with van der Waals surface area (Å²) >= 11 is 12.4. The number of nitrogens with one attached hydrogen (secondary N) is 1. The fourth-order valence-electron chi connectivity index (χ4n) is 4.94. The molecule has 36 heavy (non-hydrogen) atoms. The zero-order valence-corrected chi connectivity index (χ0v) is 22.6. The van der Waals surface area contributed by atoms with E-state index in [2.05, 4.69) is 34.5 Å². The number of hydrogen-bond donors (Lipinski definition) is 1. The van der Waals surface area contributed by atoms with E-state index >= 15 is 0 Å². The molecule has 196 valence electrons. The molecule has 2 aromatic carbocycles. The number of nitrogens with zero attached hydrogens (tertiary/aromatic N) is 2. The maximum absolute atomic E-state index is 13.4. The molecule has 10 heteroatoms. The van der Waals surface area contributed by atoms with Crippen LogP contribution < -0.4 is 5.32 Å². The number of benzene rings is 2. The van der Waals surface area contributed by atoms with E-state index in [1.54, 1.807) is 6.07 Å². The molecular weight excluding hydrogens is 521 g/mol. The topological polar surface area (TPSA) is 78.9 Å². The van der Waals surface area contributed by atoms with Gasteiger partial charge in [-0.1, -0.05) is 66.0 Å². The van der Waals surface area contributed by atoms with Gasteiger partial charge >= 0.3 is 0 Å². The monoisotopic (exact) mass is 553 g/mol. The second kappa shape index (κ2) is 12.7. The van der Waals surface area contributed by atoms with Crippen LogP contribution in [0.15, 0.2) is 53.4 Å². The number of piperidine rings is 2. The van der Waals surface area contributed by atoms with E-state index in [1.165, 1.54) is 22.0 Å². The van der Waals surface area contributed by atoms with Crippen molar-refractivity contribution in [2.45, 2.75) is 55.6 Å². The molecule has 4 rings (SSSR count). The molecule has 0 saturated carbocycles. The van der Waals surface area contributed by atoms with E-state index in [1.807, 2.05) is 6.07 Å². The summed E-state index contributed by atoms with van der Waals surface area (Å²) in [6.45, 7) is 3.20. The first-order valence-electron chi connectivity index (χ1n) is 12.4. The molecule has 0 spiro atoms. The number of ether oxygens (including phenoxy) is 1. The van der Waals surface area contributed by atoms with E-state index in [0.29, 0.717) is 13.0 Å². The van der Waals surface area contributed by atoms with Crippen LogP contribution in [0.1, 0.15) is 37.7 Å². The van der Waals surface area contributed by atoms with Gasteiger partial charge in [-0.15, -0.1) is 0 Å². The third-order valence-electron chi connectivity index (χ3n) is 6.80. The Morgan fingerprint density at radius 1 is 0.944 bits per heavy atom. The molecule has 2 heterocycles. The molecule has 1 amide bonds. The van der Waals surface area contributed by atoms with Gasteiger partial charge in [-0.05, 0) is 43.4 Å². The largest absolute Gasteiger partial charge is 0.370 e. The highest BCUT2D eigenvalue weighted by Gasteiger charge is 2.36. The van der Waals surface area contributed by atoms with Crippen molar-refractivity contribution >= 4 is 39.1 Å². The van der Waals surface area contributed by atoms with Crippen LogP contribution in [0.4, 0.5) is 0 Å². The van der Waals surface area contributed by atoms with Crippen molar-refractivity contribution in [1.29, 1.82) is 0 Å². The maximum atomic E-state index is 13.4. The van der Waals surface area contributed by atoms with E-state index in [9.17, 15) is 13.2 Å². The molecule has 2 aromatic rings. The lowest BCUT2D eigenvalue weighted by atomic mass is 10.0. The molecule has 7 nitrogen and oxygen atoms in total. The molecule has 0 bridgehead atoms. The van der Waals surface area contributed by atoms with Gasteiger partial charge in [0.2, 0.25) is 15.9 Å². The Bertz CT molecular complexity index is 1110. The Balaban J connectivity index is 1.24. The smallest absolute Gasteiger partial charge is 0.246 e. The van der Waals surface area contributed by atoms with E-state index in [4.69, 9.17) is 27.9 Å². The number of halogens is 2. The van der Waals surface area contributed by atoms with Crippen LogP contribution in [0.5, 0.6) is 0 Å². The number of carbonyl (C=O) groups excluding carboxylic acids is 1. The van der Waals surface area contributed by atoms with Crippen LogP contribution >= 0.6 is 23.2 Å². The van der Waals surface area contributed by atoms with Crippen molar-refractivity contribution in [3.8, 4) is 0 Å². The number of rotatable bonds is 9. The Kier molecular flexibility index (Phi) is 9.66. The molecule has 2 saturated heterocycles. The van der Waals surface area contributed by atoms with Crippen LogP contribution in [0.2, 0.25) is 10.0 Å². The van der Waals surface area contributed by atoms with Crippen LogP contribution in [0, 0.1) is 0 Å². The van der Waals surface area contributed by atoms with Gasteiger partial charge in [0.05, 0.1) is 16.7 Å². The molecule has 0 aliphatic carbocycles. The Morgan fingerprint density at radius 3 is 2.33 bits per heavy atom. The van der Waals surface area contributed by atoms with Gasteiger partial charge < -0.3 is 10.1 Å². The van der Waals surface area contributed by atoms with Crippen molar-refractivity contribution in [3.05, 3.63) is 64.1 Å². The molecule has 0 radical (unpaired) electrons. The van der Waals surface area contributed by atoms with Crippen molar-refractivity contribution in [2.75, 3.05) is 32.8 Å². The lowest BCUT2D eigenvalue weighted by Gasteiger charge is -2.35. The lowest BCUT2D eigenvalue weighted by molar-refractivity contribution is -0.127. The molecule has 1 N–H and O–H groups in total. The maximum Gasteiger partial charge on any atom is 0.246 e. The van der Waals surface area contributed by atoms with Gasteiger partial charge in [0, 0.05) is 38.3 Å². The summed E-state index contributed by atoms with van der Waals surface area (Å²) in [5.41, 5.74) is 1.30. The predicted molar refractivity (Wildman–Crippen MR) is 142 cm³/mol. The zero-order chi connectivity index (χ0) is 25.5. The summed E-state index contributed by atoms with van der Waals surface area (Å²) in [6, 6.07) is 14.8. The van der Waals surface area contributed by atoms with Crippen LogP contribution in [0.25, 0.3) is 0 Å². The fraction of sp³-hybridized carbons (Fsp3) is 0.500. The van der Waals surface area contributed by atoms with E-state index < -0.39 is 10.0 Å². The van der Waals surface area contributed by atoms with Crippen LogP contribution in [-0.4, -0.2) is 68.5 Å². The van der Waals surface area contributed by atoms with Crippen molar-refractivity contribution in [2.24, 2.45) is 0 Å². The minimum atomic E-state index is -3.89. The van der Waals surface area contributed by atoms with Gasteiger partial charge in [0.1, 0.15) is 11.5 Å². The lowest BCUT2D eigenvalue weighted by Crippen LogP contribution is -2.47. The predicted octanol–water partition coefficient (Wildman–Crippen LogP) is 4.33. The molecule has 1 unspecified atom stereocenters. The highest BCUT2D eigenvalue weighted by atomic mass is 35.5. The molecule has 2 aliphatic heterocycles. The molecule has 0 aromatic heterocycles. The SMILES string of the molecule is O=C(COCC1CCCCN1S(=O)(=O)c1c(Cl)cccc1Cl)NC1CCN(Cc2ccccc2)CC1. The highest BCUT2D eigenvalue weighted by molar-refractivity contribution is 7.89. The summed E-state index contributed by atoms with van der Waals surface area (Å²) in [5.74, 6) is -0.170. The third kappa shape index (κ3) is 7.00. The summed E-state index contributed by atoms with van der Waals surface area (Å²) in [4.78, 5) is 14.8. The third-order valence-corrected chi connectivity index (χ3v) is 9.71. The van der Waals surface area contributed by atoms with E-state index in [0.717, 1.165) is 45.3 Å². The Hall–Kier alpha value is -1.68. The number of carbonyl (C=O) groups is 1. The molecular formula is C26H33Cl2N3O4S. The Labute approximate surface area is 223 Å². The summed E-state index contributed by atoms with van der Waals surface area (Å²) < 4.78 is 33.8. The van der Waals surface area contributed by atoms with Crippen molar-refractivity contribution < 1.29 is 17.9 Å². The number of likely N-dealkylation sites (tertiary alicyclic amines) is 1. The quantitative estimate of drug-likeness (QED) is 0.499. The first-order valence-corrected chi connectivity index (χ1v) is 14.6.